The standard InChI is InChI=1S/C12H14N4O3/c1-7-15-11(16-19-7)4-5-14-8-2-3-10(13)9(6-8)12(17)18/h2-3,6,14H,4-5,13H2,1H3,(H,17,18). The summed E-state index contributed by atoms with van der Waals surface area (Å²) in [5.74, 6) is 0.0875. The molecule has 0 aliphatic carbocycles. The highest BCUT2D eigenvalue weighted by Gasteiger charge is 2.08. The lowest BCUT2D eigenvalue weighted by molar-refractivity contribution is 0.0698. The van der Waals surface area contributed by atoms with Crippen molar-refractivity contribution >= 4 is 17.3 Å². The van der Waals surface area contributed by atoms with Gasteiger partial charge in [-0.3, -0.25) is 0 Å². The van der Waals surface area contributed by atoms with Crippen molar-refractivity contribution in [2.75, 3.05) is 17.6 Å². The average Bonchev–Trinajstić information content (AvgIpc) is 2.77. The van der Waals surface area contributed by atoms with Gasteiger partial charge in [-0.25, -0.2) is 4.79 Å². The maximum atomic E-state index is 10.9. The molecule has 0 bridgehead atoms. The van der Waals surface area contributed by atoms with Crippen LogP contribution in [0.2, 0.25) is 0 Å². The molecule has 4 N–H and O–H groups in total. The number of nitrogens with zero attached hydrogens (tertiary/aromatic N) is 2. The topological polar surface area (TPSA) is 114 Å². The molecule has 0 saturated heterocycles. The van der Waals surface area contributed by atoms with Crippen molar-refractivity contribution in [1.29, 1.82) is 0 Å². The van der Waals surface area contributed by atoms with Crippen LogP contribution in [0.1, 0.15) is 22.1 Å². The summed E-state index contributed by atoms with van der Waals surface area (Å²) in [6, 6.07) is 4.78. The Morgan fingerprint density at radius 2 is 2.32 bits per heavy atom. The van der Waals surface area contributed by atoms with E-state index in [-0.39, 0.29) is 11.3 Å². The number of carboxylic acids is 1. The normalized spacial score (nSPS) is 10.4. The third kappa shape index (κ3) is 3.21. The Hall–Kier alpha value is -2.57. The first-order chi connectivity index (χ1) is 9.06. The lowest BCUT2D eigenvalue weighted by Gasteiger charge is -2.07. The van der Waals surface area contributed by atoms with E-state index >= 15 is 0 Å². The van der Waals surface area contributed by atoms with Crippen LogP contribution in [0.15, 0.2) is 22.7 Å². The quantitative estimate of drug-likeness (QED) is 0.696. The fourth-order valence-electron chi connectivity index (χ4n) is 1.61. The third-order valence-corrected chi connectivity index (χ3v) is 2.53. The van der Waals surface area contributed by atoms with Gasteiger partial charge in [0.05, 0.1) is 5.56 Å². The van der Waals surface area contributed by atoms with Crippen molar-refractivity contribution in [3.05, 3.63) is 35.5 Å². The first kappa shape index (κ1) is 12.9. The molecule has 2 rings (SSSR count). The van der Waals surface area contributed by atoms with Crippen LogP contribution >= 0.6 is 0 Å². The van der Waals surface area contributed by atoms with E-state index in [1.165, 1.54) is 6.07 Å². The molecule has 0 saturated carbocycles. The van der Waals surface area contributed by atoms with Crippen LogP contribution in [0, 0.1) is 6.92 Å². The Balaban J connectivity index is 1.96. The molecular weight excluding hydrogens is 248 g/mol. The van der Waals surface area contributed by atoms with Crippen LogP contribution in [0.3, 0.4) is 0 Å². The molecule has 1 aromatic carbocycles. The number of aromatic nitrogens is 2. The number of carboxylic acid groups (broad SMARTS) is 1. The van der Waals surface area contributed by atoms with Crippen LogP contribution < -0.4 is 11.1 Å². The Morgan fingerprint density at radius 1 is 1.53 bits per heavy atom. The zero-order valence-corrected chi connectivity index (χ0v) is 10.4. The molecule has 0 aliphatic heterocycles. The predicted molar refractivity (Wildman–Crippen MR) is 69.0 cm³/mol. The Kier molecular flexibility index (Phi) is 3.65. The summed E-state index contributed by atoms with van der Waals surface area (Å²) in [7, 11) is 0. The van der Waals surface area contributed by atoms with Crippen molar-refractivity contribution in [1.82, 2.24) is 10.1 Å². The van der Waals surface area contributed by atoms with E-state index in [1.54, 1.807) is 19.1 Å². The number of hydrogen-bond donors (Lipinski definition) is 3. The summed E-state index contributed by atoms with van der Waals surface area (Å²) in [5.41, 5.74) is 6.58. The van der Waals surface area contributed by atoms with Crippen LogP contribution in [-0.2, 0) is 6.42 Å². The summed E-state index contributed by atoms with van der Waals surface area (Å²) in [5, 5.41) is 15.8. The molecular formula is C12H14N4O3. The molecule has 100 valence electrons. The number of carbonyl (C=O) groups is 1. The maximum Gasteiger partial charge on any atom is 0.337 e. The second kappa shape index (κ2) is 5.38. The minimum absolute atomic E-state index is 0.0837. The largest absolute Gasteiger partial charge is 0.478 e. The molecule has 0 fully saturated rings. The highest BCUT2D eigenvalue weighted by molar-refractivity contribution is 5.94. The molecule has 7 heteroatoms. The molecule has 7 nitrogen and oxygen atoms in total. The summed E-state index contributed by atoms with van der Waals surface area (Å²) >= 11 is 0. The van der Waals surface area contributed by atoms with E-state index < -0.39 is 5.97 Å². The zero-order valence-electron chi connectivity index (χ0n) is 10.4. The number of aryl methyl sites for hydroxylation is 1. The van der Waals surface area contributed by atoms with E-state index in [2.05, 4.69) is 15.5 Å². The van der Waals surface area contributed by atoms with Gasteiger partial charge in [-0.2, -0.15) is 4.98 Å². The van der Waals surface area contributed by atoms with Gasteiger partial charge >= 0.3 is 5.97 Å². The van der Waals surface area contributed by atoms with Crippen molar-refractivity contribution in [3.63, 3.8) is 0 Å². The third-order valence-electron chi connectivity index (χ3n) is 2.53. The van der Waals surface area contributed by atoms with Crippen LogP contribution in [0.5, 0.6) is 0 Å². The van der Waals surface area contributed by atoms with Crippen molar-refractivity contribution in [2.45, 2.75) is 13.3 Å². The van der Waals surface area contributed by atoms with Crippen LogP contribution in [0.4, 0.5) is 11.4 Å². The molecule has 0 radical (unpaired) electrons. The van der Waals surface area contributed by atoms with Gasteiger partial charge in [0.15, 0.2) is 5.82 Å². The Morgan fingerprint density at radius 3 is 2.95 bits per heavy atom. The smallest absolute Gasteiger partial charge is 0.337 e. The highest BCUT2D eigenvalue weighted by atomic mass is 16.5. The second-order valence-corrected chi connectivity index (χ2v) is 4.01. The van der Waals surface area contributed by atoms with Crippen LogP contribution in [0.25, 0.3) is 0 Å². The Bertz CT molecular complexity index is 594. The number of nitrogens with one attached hydrogen (secondary N) is 1. The van der Waals surface area contributed by atoms with E-state index in [0.29, 0.717) is 30.4 Å². The maximum absolute atomic E-state index is 10.9. The van der Waals surface area contributed by atoms with E-state index in [0.717, 1.165) is 0 Å². The van der Waals surface area contributed by atoms with Crippen LogP contribution in [-0.4, -0.2) is 27.8 Å². The molecule has 0 atom stereocenters. The summed E-state index contributed by atoms with van der Waals surface area (Å²) in [6.45, 7) is 2.30. The monoisotopic (exact) mass is 262 g/mol. The summed E-state index contributed by atoms with van der Waals surface area (Å²) in [4.78, 5) is 15.0. The predicted octanol–water partition coefficient (Wildman–Crippen LogP) is 1.31. The molecule has 0 aliphatic rings. The first-order valence-electron chi connectivity index (χ1n) is 5.72. The highest BCUT2D eigenvalue weighted by Crippen LogP contribution is 2.17. The number of nitrogen functional groups attached to an aromatic ring is 1. The van der Waals surface area contributed by atoms with E-state index in [4.69, 9.17) is 15.4 Å². The molecule has 19 heavy (non-hydrogen) atoms. The molecule has 0 spiro atoms. The zero-order chi connectivity index (χ0) is 13.8. The summed E-state index contributed by atoms with van der Waals surface area (Å²) < 4.78 is 4.85. The van der Waals surface area contributed by atoms with Gasteiger partial charge in [0.25, 0.3) is 0 Å². The van der Waals surface area contributed by atoms with Gasteiger partial charge in [0, 0.05) is 31.3 Å². The second-order valence-electron chi connectivity index (χ2n) is 4.01. The van der Waals surface area contributed by atoms with E-state index in [9.17, 15) is 4.79 Å². The number of benzene rings is 1. The number of anilines is 2. The number of hydrogen-bond acceptors (Lipinski definition) is 6. The van der Waals surface area contributed by atoms with Crippen molar-refractivity contribution < 1.29 is 14.4 Å². The van der Waals surface area contributed by atoms with Crippen molar-refractivity contribution in [3.8, 4) is 0 Å². The number of rotatable bonds is 5. The fraction of sp³-hybridized carbons (Fsp3) is 0.250. The summed E-state index contributed by atoms with van der Waals surface area (Å²) in [6.07, 6.45) is 0.587. The van der Waals surface area contributed by atoms with Gasteiger partial charge in [-0.1, -0.05) is 5.16 Å². The lowest BCUT2D eigenvalue weighted by atomic mass is 10.1. The molecule has 1 aromatic heterocycles. The lowest BCUT2D eigenvalue weighted by Crippen LogP contribution is -2.08. The average molecular weight is 262 g/mol. The first-order valence-corrected chi connectivity index (χ1v) is 5.72. The minimum atomic E-state index is -1.05. The molecule has 0 unspecified atom stereocenters. The SMILES string of the molecule is Cc1nc(CCNc2ccc(N)c(C(=O)O)c2)no1. The number of aromatic carboxylic acids is 1. The fourth-order valence-corrected chi connectivity index (χ4v) is 1.61. The van der Waals surface area contributed by atoms with Crippen molar-refractivity contribution in [2.24, 2.45) is 0 Å². The van der Waals surface area contributed by atoms with Gasteiger partial charge in [0.1, 0.15) is 0 Å². The van der Waals surface area contributed by atoms with Gasteiger partial charge in [-0.15, -0.1) is 0 Å². The van der Waals surface area contributed by atoms with Gasteiger partial charge in [-0.05, 0) is 18.2 Å². The van der Waals surface area contributed by atoms with Gasteiger partial charge in [0.2, 0.25) is 5.89 Å². The minimum Gasteiger partial charge on any atom is -0.478 e. The van der Waals surface area contributed by atoms with E-state index in [1.807, 2.05) is 0 Å². The molecule has 1 heterocycles. The molecule has 0 amide bonds. The Labute approximate surface area is 109 Å². The van der Waals surface area contributed by atoms with Gasteiger partial charge < -0.3 is 20.7 Å². The molecule has 2 aromatic rings. The number of nitrogens with two attached hydrogens (primary N) is 1.